The Kier molecular flexibility index (Phi) is 7.21. The number of piperazine rings is 1. The van der Waals surface area contributed by atoms with Gasteiger partial charge in [-0.2, -0.15) is 4.31 Å². The normalized spacial score (nSPS) is 15.8. The molecule has 1 N–H and O–H groups in total. The lowest BCUT2D eigenvalue weighted by molar-refractivity contribution is -0.120. The van der Waals surface area contributed by atoms with Gasteiger partial charge in [-0.15, -0.1) is 11.3 Å². The number of carbonyl (C=O) groups excluding carboxylic acids is 2. The maximum Gasteiger partial charge on any atom is 0.409 e. The van der Waals surface area contributed by atoms with E-state index >= 15 is 0 Å². The van der Waals surface area contributed by atoms with Crippen molar-refractivity contribution in [3.8, 4) is 0 Å². The summed E-state index contributed by atoms with van der Waals surface area (Å²) in [5, 5.41) is 4.53. The van der Waals surface area contributed by atoms with Crippen molar-refractivity contribution in [2.45, 2.75) is 13.3 Å². The Hall–Kier alpha value is -1.65. The van der Waals surface area contributed by atoms with Crippen molar-refractivity contribution in [1.82, 2.24) is 14.5 Å². The van der Waals surface area contributed by atoms with Gasteiger partial charge in [0.15, 0.2) is 0 Å². The highest BCUT2D eigenvalue weighted by molar-refractivity contribution is 7.89. The highest BCUT2D eigenvalue weighted by Gasteiger charge is 2.29. The number of rotatable bonds is 7. The van der Waals surface area contributed by atoms with Gasteiger partial charge in [-0.1, -0.05) is 6.07 Å². The summed E-state index contributed by atoms with van der Waals surface area (Å²) in [6.07, 6.45) is -0.156. The molecule has 0 aliphatic carbocycles. The molecule has 0 aromatic carbocycles. The average Bonchev–Trinajstić information content (AvgIpc) is 3.08. The maximum atomic E-state index is 12.3. The van der Waals surface area contributed by atoms with E-state index in [1.54, 1.807) is 6.92 Å². The minimum absolute atomic E-state index is 0.0740. The Labute approximate surface area is 151 Å². The standard InChI is InChI=1S/C15H23N3O5S2/c1-2-23-15(20)17-6-8-18(9-7-17)25(21,22)11-5-16-14(19)12-13-4-3-10-24-13/h3-4,10H,2,5-9,11-12H2,1H3,(H,16,19). The third kappa shape index (κ3) is 5.98. The number of amides is 2. The molecule has 0 saturated carbocycles. The van der Waals surface area contributed by atoms with Crippen LogP contribution >= 0.6 is 11.3 Å². The number of thiophene rings is 1. The molecule has 2 rings (SSSR count). The van der Waals surface area contributed by atoms with Gasteiger partial charge in [0.2, 0.25) is 15.9 Å². The first-order chi connectivity index (χ1) is 11.9. The zero-order valence-corrected chi connectivity index (χ0v) is 15.8. The van der Waals surface area contributed by atoms with E-state index in [4.69, 9.17) is 4.74 Å². The molecule has 0 bridgehead atoms. The van der Waals surface area contributed by atoms with Gasteiger partial charge in [-0.05, 0) is 18.4 Å². The summed E-state index contributed by atoms with van der Waals surface area (Å²) in [5.74, 6) is -0.340. The minimum atomic E-state index is -3.46. The van der Waals surface area contributed by atoms with E-state index in [0.29, 0.717) is 19.7 Å². The number of nitrogens with one attached hydrogen (secondary N) is 1. The summed E-state index contributed by atoms with van der Waals surface area (Å²) in [4.78, 5) is 25.8. The topological polar surface area (TPSA) is 96.0 Å². The molecule has 25 heavy (non-hydrogen) atoms. The summed E-state index contributed by atoms with van der Waals surface area (Å²) in [7, 11) is -3.46. The molecule has 0 spiro atoms. The van der Waals surface area contributed by atoms with E-state index in [2.05, 4.69) is 5.32 Å². The van der Waals surface area contributed by atoms with Crippen LogP contribution in [0.25, 0.3) is 0 Å². The first-order valence-corrected chi connectivity index (χ1v) is 10.6. The van der Waals surface area contributed by atoms with Crippen LogP contribution in [-0.2, 0) is 26.0 Å². The quantitative estimate of drug-likeness (QED) is 0.733. The predicted octanol–water partition coefficient (Wildman–Crippen LogP) is 0.511. The fourth-order valence-corrected chi connectivity index (χ4v) is 4.49. The molecule has 2 heterocycles. The number of carbonyl (C=O) groups is 2. The molecular formula is C15H23N3O5S2. The van der Waals surface area contributed by atoms with Crippen molar-refractivity contribution in [2.24, 2.45) is 0 Å². The van der Waals surface area contributed by atoms with E-state index in [-0.39, 0.29) is 37.7 Å². The highest BCUT2D eigenvalue weighted by atomic mass is 32.2. The van der Waals surface area contributed by atoms with Crippen LogP contribution in [0.5, 0.6) is 0 Å². The van der Waals surface area contributed by atoms with Gasteiger partial charge in [0.1, 0.15) is 0 Å². The molecule has 10 heteroatoms. The van der Waals surface area contributed by atoms with Gasteiger partial charge >= 0.3 is 6.09 Å². The zero-order chi connectivity index (χ0) is 18.3. The summed E-state index contributed by atoms with van der Waals surface area (Å²) in [5.41, 5.74) is 0. The summed E-state index contributed by atoms with van der Waals surface area (Å²) in [6.45, 7) is 3.19. The second kappa shape index (κ2) is 9.16. The Morgan fingerprint density at radius 3 is 2.60 bits per heavy atom. The lowest BCUT2D eigenvalue weighted by Crippen LogP contribution is -2.51. The summed E-state index contributed by atoms with van der Waals surface area (Å²) < 4.78 is 30.9. The zero-order valence-electron chi connectivity index (χ0n) is 14.1. The van der Waals surface area contributed by atoms with Crippen molar-refractivity contribution >= 4 is 33.4 Å². The molecule has 1 aliphatic rings. The van der Waals surface area contributed by atoms with Gasteiger partial charge < -0.3 is 15.0 Å². The summed E-state index contributed by atoms with van der Waals surface area (Å²) in [6, 6.07) is 3.73. The Bertz CT molecular complexity index is 667. The molecule has 140 valence electrons. The number of hydrogen-bond donors (Lipinski definition) is 1. The van der Waals surface area contributed by atoms with E-state index < -0.39 is 16.1 Å². The van der Waals surface area contributed by atoms with Crippen LogP contribution < -0.4 is 5.32 Å². The molecular weight excluding hydrogens is 366 g/mol. The Morgan fingerprint density at radius 1 is 1.28 bits per heavy atom. The first kappa shape index (κ1) is 19.7. The lowest BCUT2D eigenvalue weighted by atomic mass is 10.3. The van der Waals surface area contributed by atoms with Crippen LogP contribution in [0, 0.1) is 0 Å². The van der Waals surface area contributed by atoms with Gasteiger partial charge in [0, 0.05) is 37.6 Å². The van der Waals surface area contributed by atoms with E-state index in [0.717, 1.165) is 4.88 Å². The highest BCUT2D eigenvalue weighted by Crippen LogP contribution is 2.10. The fraction of sp³-hybridized carbons (Fsp3) is 0.600. The molecule has 1 aromatic heterocycles. The third-order valence-corrected chi connectivity index (χ3v) is 6.50. The second-order valence-electron chi connectivity index (χ2n) is 5.51. The Morgan fingerprint density at radius 2 is 2.00 bits per heavy atom. The van der Waals surface area contributed by atoms with Crippen LogP contribution in [0.2, 0.25) is 0 Å². The smallest absolute Gasteiger partial charge is 0.409 e. The largest absolute Gasteiger partial charge is 0.450 e. The van der Waals surface area contributed by atoms with Crippen molar-refractivity contribution in [1.29, 1.82) is 0 Å². The van der Waals surface area contributed by atoms with Gasteiger partial charge in [-0.25, -0.2) is 13.2 Å². The van der Waals surface area contributed by atoms with Crippen LogP contribution in [0.1, 0.15) is 11.8 Å². The van der Waals surface area contributed by atoms with Crippen LogP contribution in [0.3, 0.4) is 0 Å². The van der Waals surface area contributed by atoms with E-state index in [9.17, 15) is 18.0 Å². The van der Waals surface area contributed by atoms with Crippen LogP contribution in [-0.4, -0.2) is 74.7 Å². The van der Waals surface area contributed by atoms with Crippen LogP contribution in [0.4, 0.5) is 4.79 Å². The fourth-order valence-electron chi connectivity index (χ4n) is 2.45. The van der Waals surface area contributed by atoms with Crippen molar-refractivity contribution < 1.29 is 22.7 Å². The predicted molar refractivity (Wildman–Crippen MR) is 95.0 cm³/mol. The lowest BCUT2D eigenvalue weighted by Gasteiger charge is -2.33. The molecule has 1 aliphatic heterocycles. The first-order valence-electron chi connectivity index (χ1n) is 8.11. The van der Waals surface area contributed by atoms with Gasteiger partial charge in [0.25, 0.3) is 0 Å². The van der Waals surface area contributed by atoms with Crippen molar-refractivity contribution in [3.63, 3.8) is 0 Å². The molecule has 0 unspecified atom stereocenters. The second-order valence-corrected chi connectivity index (χ2v) is 8.63. The summed E-state index contributed by atoms with van der Waals surface area (Å²) >= 11 is 1.49. The molecule has 1 saturated heterocycles. The molecule has 2 amide bonds. The molecule has 1 aromatic rings. The number of sulfonamides is 1. The number of nitrogens with zero attached hydrogens (tertiary/aromatic N) is 2. The maximum absolute atomic E-state index is 12.3. The third-order valence-electron chi connectivity index (χ3n) is 3.76. The minimum Gasteiger partial charge on any atom is -0.450 e. The van der Waals surface area contributed by atoms with E-state index in [1.807, 2.05) is 17.5 Å². The monoisotopic (exact) mass is 389 g/mol. The van der Waals surface area contributed by atoms with Crippen molar-refractivity contribution in [2.75, 3.05) is 45.1 Å². The molecule has 1 fully saturated rings. The van der Waals surface area contributed by atoms with Crippen molar-refractivity contribution in [3.05, 3.63) is 22.4 Å². The van der Waals surface area contributed by atoms with Gasteiger partial charge in [0.05, 0.1) is 18.8 Å². The average molecular weight is 389 g/mol. The molecule has 0 atom stereocenters. The Balaban J connectivity index is 1.73. The number of hydrogen-bond acceptors (Lipinski definition) is 6. The molecule has 0 radical (unpaired) electrons. The molecule has 8 nitrogen and oxygen atoms in total. The van der Waals surface area contributed by atoms with Gasteiger partial charge in [-0.3, -0.25) is 4.79 Å². The SMILES string of the molecule is CCOC(=O)N1CCN(S(=O)(=O)CCNC(=O)Cc2cccs2)CC1. The van der Waals surface area contributed by atoms with E-state index in [1.165, 1.54) is 20.5 Å². The number of ether oxygens (including phenoxy) is 1. The van der Waals surface area contributed by atoms with Crippen LogP contribution in [0.15, 0.2) is 17.5 Å².